The number of aromatic amines is 1. The first kappa shape index (κ1) is 20.7. The predicted molar refractivity (Wildman–Crippen MR) is 103 cm³/mol. The second kappa shape index (κ2) is 8.58. The third kappa shape index (κ3) is 4.72. The van der Waals surface area contributed by atoms with Gasteiger partial charge in [0.1, 0.15) is 5.69 Å². The van der Waals surface area contributed by atoms with E-state index in [4.69, 9.17) is 4.74 Å². The van der Waals surface area contributed by atoms with Crippen LogP contribution in [0.4, 0.5) is 0 Å². The maximum atomic E-state index is 12.6. The van der Waals surface area contributed by atoms with Crippen molar-refractivity contribution in [3.63, 3.8) is 0 Å². The van der Waals surface area contributed by atoms with E-state index in [1.54, 1.807) is 18.2 Å². The van der Waals surface area contributed by atoms with Crippen molar-refractivity contribution in [1.29, 1.82) is 0 Å². The molecule has 0 saturated carbocycles. The third-order valence-electron chi connectivity index (χ3n) is 4.61. The summed E-state index contributed by atoms with van der Waals surface area (Å²) >= 11 is 0. The molecular formula is C19H21N3O6S. The lowest BCUT2D eigenvalue weighted by Crippen LogP contribution is -2.51. The highest BCUT2D eigenvalue weighted by Gasteiger charge is 2.30. The molecule has 1 aliphatic rings. The molecule has 29 heavy (non-hydrogen) atoms. The van der Waals surface area contributed by atoms with E-state index < -0.39 is 28.5 Å². The van der Waals surface area contributed by atoms with Gasteiger partial charge in [-0.25, -0.2) is 13.2 Å². The molecule has 1 aromatic heterocycles. The topological polar surface area (TPSA) is 117 Å². The Bertz CT molecular complexity index is 1010. The van der Waals surface area contributed by atoms with Crippen LogP contribution in [0.5, 0.6) is 0 Å². The lowest BCUT2D eigenvalue weighted by Gasteiger charge is -2.33. The minimum atomic E-state index is -3.60. The molecule has 2 aromatic rings. The van der Waals surface area contributed by atoms with Crippen molar-refractivity contribution in [2.24, 2.45) is 0 Å². The number of hydrogen-bond acceptors (Lipinski definition) is 6. The molecule has 1 amide bonds. The summed E-state index contributed by atoms with van der Waals surface area (Å²) in [5.41, 5.74) is 0.431. The van der Waals surface area contributed by atoms with Crippen molar-refractivity contribution in [3.8, 4) is 0 Å². The summed E-state index contributed by atoms with van der Waals surface area (Å²) in [6.07, 6.45) is 1.40. The zero-order chi connectivity index (χ0) is 21.0. The van der Waals surface area contributed by atoms with Crippen molar-refractivity contribution in [1.82, 2.24) is 14.2 Å². The van der Waals surface area contributed by atoms with Crippen LogP contribution in [0.2, 0.25) is 0 Å². The highest BCUT2D eigenvalue weighted by atomic mass is 32.2. The first-order valence-electron chi connectivity index (χ1n) is 8.98. The number of esters is 1. The molecule has 2 heterocycles. The Morgan fingerprint density at radius 2 is 1.72 bits per heavy atom. The number of rotatable bonds is 6. The molecule has 1 aromatic carbocycles. The smallest absolute Gasteiger partial charge is 0.355 e. The van der Waals surface area contributed by atoms with Gasteiger partial charge in [-0.3, -0.25) is 9.59 Å². The standard InChI is InChI=1S/C19H21N3O6S/c1-14(23)15-11-17(20-12-15)19(25)28-13-18(24)21-7-9-22(10-8-21)29(26,27)16-5-3-2-4-6-16/h2-6,11-12,20H,7-10,13H2,1H3. The highest BCUT2D eigenvalue weighted by Crippen LogP contribution is 2.17. The van der Waals surface area contributed by atoms with Crippen LogP contribution in [0.3, 0.4) is 0 Å². The van der Waals surface area contributed by atoms with E-state index in [9.17, 15) is 22.8 Å². The van der Waals surface area contributed by atoms with E-state index in [-0.39, 0.29) is 42.6 Å². The van der Waals surface area contributed by atoms with Gasteiger partial charge in [0.15, 0.2) is 12.4 Å². The maximum Gasteiger partial charge on any atom is 0.355 e. The average molecular weight is 419 g/mol. The second-order valence-corrected chi connectivity index (χ2v) is 8.47. The van der Waals surface area contributed by atoms with Gasteiger partial charge in [0.05, 0.1) is 4.90 Å². The summed E-state index contributed by atoms with van der Waals surface area (Å²) in [4.78, 5) is 39.8. The number of carbonyl (C=O) groups excluding carboxylic acids is 3. The molecule has 0 atom stereocenters. The van der Waals surface area contributed by atoms with Gasteiger partial charge < -0.3 is 14.6 Å². The number of hydrogen-bond donors (Lipinski definition) is 1. The molecule has 1 N–H and O–H groups in total. The normalized spacial score (nSPS) is 15.1. The first-order chi connectivity index (χ1) is 13.8. The van der Waals surface area contributed by atoms with Gasteiger partial charge in [-0.1, -0.05) is 18.2 Å². The Kier molecular flexibility index (Phi) is 6.14. The zero-order valence-electron chi connectivity index (χ0n) is 15.8. The number of benzene rings is 1. The van der Waals surface area contributed by atoms with Crippen molar-refractivity contribution < 1.29 is 27.5 Å². The Hall–Kier alpha value is -2.98. The number of ether oxygens (including phenoxy) is 1. The minimum Gasteiger partial charge on any atom is -0.451 e. The van der Waals surface area contributed by atoms with Crippen molar-refractivity contribution in [2.75, 3.05) is 32.8 Å². The summed E-state index contributed by atoms with van der Waals surface area (Å²) in [7, 11) is -3.60. The van der Waals surface area contributed by atoms with E-state index in [2.05, 4.69) is 4.98 Å². The molecule has 0 spiro atoms. The van der Waals surface area contributed by atoms with Gasteiger partial charge in [-0.05, 0) is 25.1 Å². The molecule has 1 saturated heterocycles. The Morgan fingerprint density at radius 1 is 1.07 bits per heavy atom. The molecule has 0 aliphatic carbocycles. The molecule has 0 bridgehead atoms. The fourth-order valence-electron chi connectivity index (χ4n) is 2.93. The number of Topliss-reactive ketones (excluding diaryl/α,β-unsaturated/α-hetero) is 1. The zero-order valence-corrected chi connectivity index (χ0v) is 16.6. The summed E-state index contributed by atoms with van der Waals surface area (Å²) in [5, 5.41) is 0. The second-order valence-electron chi connectivity index (χ2n) is 6.53. The number of sulfonamides is 1. The molecule has 1 fully saturated rings. The summed E-state index contributed by atoms with van der Waals surface area (Å²) in [5.74, 6) is -1.34. The molecule has 154 valence electrons. The molecule has 1 aliphatic heterocycles. The van der Waals surface area contributed by atoms with E-state index >= 15 is 0 Å². The summed E-state index contributed by atoms with van der Waals surface area (Å²) in [6.45, 7) is 1.65. The predicted octanol–water partition coefficient (Wildman–Crippen LogP) is 0.907. The van der Waals surface area contributed by atoms with Crippen molar-refractivity contribution >= 4 is 27.7 Å². The fourth-order valence-corrected chi connectivity index (χ4v) is 4.37. The number of nitrogens with one attached hydrogen (secondary N) is 1. The third-order valence-corrected chi connectivity index (χ3v) is 6.52. The van der Waals surface area contributed by atoms with Gasteiger partial charge in [0.2, 0.25) is 10.0 Å². The van der Waals surface area contributed by atoms with E-state index in [0.29, 0.717) is 5.56 Å². The number of amides is 1. The average Bonchev–Trinajstić information content (AvgIpc) is 3.23. The minimum absolute atomic E-state index is 0.0850. The van der Waals surface area contributed by atoms with Gasteiger partial charge in [0.25, 0.3) is 5.91 Å². The van der Waals surface area contributed by atoms with Gasteiger partial charge in [0, 0.05) is 37.9 Å². The van der Waals surface area contributed by atoms with Crippen LogP contribution in [-0.4, -0.2) is 73.1 Å². The van der Waals surface area contributed by atoms with Crippen LogP contribution >= 0.6 is 0 Å². The molecule has 0 radical (unpaired) electrons. The van der Waals surface area contributed by atoms with Crippen LogP contribution in [0.1, 0.15) is 27.8 Å². The van der Waals surface area contributed by atoms with Crippen molar-refractivity contribution in [3.05, 3.63) is 53.9 Å². The van der Waals surface area contributed by atoms with E-state index in [1.807, 2.05) is 0 Å². The number of piperazine rings is 1. The Morgan fingerprint density at radius 3 is 2.31 bits per heavy atom. The van der Waals surface area contributed by atoms with Gasteiger partial charge in [-0.2, -0.15) is 4.31 Å². The van der Waals surface area contributed by atoms with Crippen LogP contribution in [-0.2, 0) is 19.6 Å². The SMILES string of the molecule is CC(=O)c1c[nH]c(C(=O)OCC(=O)N2CCN(S(=O)(=O)c3ccccc3)CC2)c1. The van der Waals surface area contributed by atoms with Crippen LogP contribution in [0.15, 0.2) is 47.5 Å². The maximum absolute atomic E-state index is 12.6. The Balaban J connectivity index is 1.51. The van der Waals surface area contributed by atoms with Gasteiger partial charge >= 0.3 is 5.97 Å². The summed E-state index contributed by atoms with van der Waals surface area (Å²) < 4.78 is 31.6. The summed E-state index contributed by atoms with van der Waals surface area (Å²) in [6, 6.07) is 9.48. The lowest BCUT2D eigenvalue weighted by atomic mass is 10.2. The van der Waals surface area contributed by atoms with Crippen molar-refractivity contribution in [2.45, 2.75) is 11.8 Å². The van der Waals surface area contributed by atoms with E-state index in [0.717, 1.165) is 0 Å². The largest absolute Gasteiger partial charge is 0.451 e. The quantitative estimate of drug-likeness (QED) is 0.549. The Labute approximate surface area is 168 Å². The molecule has 3 rings (SSSR count). The highest BCUT2D eigenvalue weighted by molar-refractivity contribution is 7.89. The number of ketones is 1. The van der Waals surface area contributed by atoms with Crippen LogP contribution in [0, 0.1) is 0 Å². The van der Waals surface area contributed by atoms with Gasteiger partial charge in [-0.15, -0.1) is 0 Å². The van der Waals surface area contributed by atoms with E-state index in [1.165, 1.54) is 40.5 Å². The number of aromatic nitrogens is 1. The molecule has 0 unspecified atom stereocenters. The molecule has 10 heteroatoms. The lowest BCUT2D eigenvalue weighted by molar-refractivity contribution is -0.135. The number of nitrogens with zero attached hydrogens (tertiary/aromatic N) is 2. The fraction of sp³-hybridized carbons (Fsp3) is 0.316. The van der Waals surface area contributed by atoms with Crippen LogP contribution < -0.4 is 0 Å². The number of H-pyrrole nitrogens is 1. The first-order valence-corrected chi connectivity index (χ1v) is 10.4. The molecule has 9 nitrogen and oxygen atoms in total. The number of carbonyl (C=O) groups is 3. The van der Waals surface area contributed by atoms with Crippen LogP contribution in [0.25, 0.3) is 0 Å². The monoisotopic (exact) mass is 419 g/mol. The molecular weight excluding hydrogens is 398 g/mol.